The van der Waals surface area contributed by atoms with E-state index in [0.29, 0.717) is 13.2 Å². The number of hydrogen-bond donors (Lipinski definition) is 2. The third kappa shape index (κ3) is 4.03. The Morgan fingerprint density at radius 3 is 2.82 bits per heavy atom. The number of carbonyl (C=O) groups is 1. The second kappa shape index (κ2) is 6.20. The van der Waals surface area contributed by atoms with E-state index < -0.39 is 11.8 Å². The van der Waals surface area contributed by atoms with E-state index in [1.54, 1.807) is 0 Å². The molecule has 0 aromatic heterocycles. The Kier molecular flexibility index (Phi) is 4.90. The Labute approximate surface area is 99.4 Å². The Morgan fingerprint density at radius 2 is 2.24 bits per heavy atom. The molecular formula is C12H16FNO3. The zero-order chi connectivity index (χ0) is 12.8. The van der Waals surface area contributed by atoms with Crippen molar-refractivity contribution in [3.63, 3.8) is 0 Å². The second-order valence-corrected chi connectivity index (χ2v) is 3.81. The maximum atomic E-state index is 13.4. The van der Waals surface area contributed by atoms with Crippen LogP contribution in [0.5, 0.6) is 0 Å². The van der Waals surface area contributed by atoms with Crippen molar-refractivity contribution in [3.8, 4) is 0 Å². The van der Waals surface area contributed by atoms with E-state index in [9.17, 15) is 9.18 Å². The minimum atomic E-state index is -1.16. The molecule has 0 aliphatic rings. The summed E-state index contributed by atoms with van der Waals surface area (Å²) >= 11 is 0. The normalized spacial score (nSPS) is 10.6. The van der Waals surface area contributed by atoms with Gasteiger partial charge < -0.3 is 15.2 Å². The minimum Gasteiger partial charge on any atom is -0.478 e. The molecule has 5 heteroatoms. The van der Waals surface area contributed by atoms with Crippen molar-refractivity contribution in [3.05, 3.63) is 29.6 Å². The minimum absolute atomic E-state index is 0.00681. The lowest BCUT2D eigenvalue weighted by atomic mass is 10.1. The first kappa shape index (κ1) is 13.4. The van der Waals surface area contributed by atoms with Gasteiger partial charge in [0, 0.05) is 6.54 Å². The zero-order valence-electron chi connectivity index (χ0n) is 9.87. The van der Waals surface area contributed by atoms with Crippen LogP contribution in [0, 0.1) is 5.82 Å². The lowest BCUT2D eigenvalue weighted by Crippen LogP contribution is -2.16. The molecule has 94 valence electrons. The Bertz CT molecular complexity index is 393. The molecule has 0 aliphatic carbocycles. The lowest BCUT2D eigenvalue weighted by Gasteiger charge is -2.12. The molecule has 0 heterocycles. The zero-order valence-corrected chi connectivity index (χ0v) is 9.87. The van der Waals surface area contributed by atoms with E-state index in [-0.39, 0.29) is 17.4 Å². The van der Waals surface area contributed by atoms with Crippen molar-refractivity contribution in [2.24, 2.45) is 0 Å². The average molecular weight is 241 g/mol. The molecule has 0 aliphatic heterocycles. The van der Waals surface area contributed by atoms with Crippen molar-refractivity contribution in [1.82, 2.24) is 0 Å². The average Bonchev–Trinajstić information content (AvgIpc) is 2.25. The summed E-state index contributed by atoms with van der Waals surface area (Å²) in [5, 5.41) is 11.6. The van der Waals surface area contributed by atoms with Crippen LogP contribution in [0.2, 0.25) is 0 Å². The van der Waals surface area contributed by atoms with Crippen molar-refractivity contribution in [2.75, 3.05) is 18.5 Å². The molecule has 2 N–H and O–H groups in total. The van der Waals surface area contributed by atoms with Gasteiger partial charge in [0.15, 0.2) is 0 Å². The Balaban J connectivity index is 2.66. The van der Waals surface area contributed by atoms with Crippen LogP contribution < -0.4 is 5.32 Å². The van der Waals surface area contributed by atoms with Crippen molar-refractivity contribution >= 4 is 11.7 Å². The maximum Gasteiger partial charge on any atom is 0.337 e. The van der Waals surface area contributed by atoms with Gasteiger partial charge in [0.25, 0.3) is 0 Å². The molecule has 1 aromatic rings. The number of para-hydroxylation sites is 1. The van der Waals surface area contributed by atoms with Gasteiger partial charge >= 0.3 is 5.97 Å². The van der Waals surface area contributed by atoms with E-state index in [4.69, 9.17) is 9.84 Å². The largest absolute Gasteiger partial charge is 0.478 e. The van der Waals surface area contributed by atoms with Crippen molar-refractivity contribution in [1.29, 1.82) is 0 Å². The molecule has 0 saturated heterocycles. The highest BCUT2D eigenvalue weighted by Crippen LogP contribution is 2.19. The molecule has 4 nitrogen and oxygen atoms in total. The molecule has 1 rings (SSSR count). The summed E-state index contributed by atoms with van der Waals surface area (Å²) in [4.78, 5) is 10.9. The van der Waals surface area contributed by atoms with Gasteiger partial charge in [-0.15, -0.1) is 0 Å². The number of hydrogen-bond acceptors (Lipinski definition) is 3. The predicted molar refractivity (Wildman–Crippen MR) is 62.9 cm³/mol. The molecule has 0 amide bonds. The predicted octanol–water partition coefficient (Wildman–Crippen LogP) is 2.36. The number of benzene rings is 1. The van der Waals surface area contributed by atoms with Crippen LogP contribution in [-0.2, 0) is 4.74 Å². The van der Waals surface area contributed by atoms with Crippen LogP contribution in [-0.4, -0.2) is 30.3 Å². The van der Waals surface area contributed by atoms with E-state index in [0.717, 1.165) is 0 Å². The number of halogens is 1. The molecule has 0 saturated carbocycles. The Hall–Kier alpha value is -1.62. The van der Waals surface area contributed by atoms with Crippen LogP contribution in [0.1, 0.15) is 24.2 Å². The summed E-state index contributed by atoms with van der Waals surface area (Å²) in [7, 11) is 0. The fraction of sp³-hybridized carbons (Fsp3) is 0.417. The molecule has 0 unspecified atom stereocenters. The van der Waals surface area contributed by atoms with Gasteiger partial charge in [0.2, 0.25) is 0 Å². The first-order valence-corrected chi connectivity index (χ1v) is 5.39. The molecule has 0 bridgehead atoms. The molecular weight excluding hydrogens is 225 g/mol. The number of nitrogens with one attached hydrogen (secondary N) is 1. The molecule has 0 spiro atoms. The highest BCUT2D eigenvalue weighted by Gasteiger charge is 2.13. The van der Waals surface area contributed by atoms with Gasteiger partial charge in [0.1, 0.15) is 5.82 Å². The molecule has 1 aromatic carbocycles. The highest BCUT2D eigenvalue weighted by atomic mass is 19.1. The standard InChI is InChI=1S/C12H16FNO3/c1-8(2)17-7-6-14-11-9(12(15)16)4-3-5-10(11)13/h3-5,8,14H,6-7H2,1-2H3,(H,15,16). The van der Waals surface area contributed by atoms with Crippen LogP contribution in [0.4, 0.5) is 10.1 Å². The van der Waals surface area contributed by atoms with E-state index in [1.165, 1.54) is 18.2 Å². The molecule has 17 heavy (non-hydrogen) atoms. The second-order valence-electron chi connectivity index (χ2n) is 3.81. The summed E-state index contributed by atoms with van der Waals surface area (Å²) in [6.45, 7) is 4.54. The highest BCUT2D eigenvalue weighted by molar-refractivity contribution is 5.94. The molecule has 0 fully saturated rings. The van der Waals surface area contributed by atoms with E-state index in [2.05, 4.69) is 5.32 Å². The van der Waals surface area contributed by atoms with Gasteiger partial charge in [0.05, 0.1) is 24.0 Å². The maximum absolute atomic E-state index is 13.4. The van der Waals surface area contributed by atoms with Crippen LogP contribution in [0.25, 0.3) is 0 Å². The third-order valence-corrected chi connectivity index (χ3v) is 2.10. The van der Waals surface area contributed by atoms with Crippen LogP contribution >= 0.6 is 0 Å². The lowest BCUT2D eigenvalue weighted by molar-refractivity contribution is 0.0696. The van der Waals surface area contributed by atoms with Crippen LogP contribution in [0.15, 0.2) is 18.2 Å². The van der Waals surface area contributed by atoms with E-state index >= 15 is 0 Å². The molecule has 0 atom stereocenters. The SMILES string of the molecule is CC(C)OCCNc1c(F)cccc1C(=O)O. The topological polar surface area (TPSA) is 58.6 Å². The number of ether oxygens (including phenoxy) is 1. The van der Waals surface area contributed by atoms with Gasteiger partial charge in [-0.2, -0.15) is 0 Å². The van der Waals surface area contributed by atoms with Gasteiger partial charge in [-0.05, 0) is 26.0 Å². The summed E-state index contributed by atoms with van der Waals surface area (Å²) in [6.07, 6.45) is 0.0939. The van der Waals surface area contributed by atoms with Crippen molar-refractivity contribution in [2.45, 2.75) is 20.0 Å². The van der Waals surface area contributed by atoms with Gasteiger partial charge in [-0.1, -0.05) is 6.07 Å². The van der Waals surface area contributed by atoms with Gasteiger partial charge in [-0.25, -0.2) is 9.18 Å². The smallest absolute Gasteiger partial charge is 0.337 e. The quantitative estimate of drug-likeness (QED) is 0.751. The summed E-state index contributed by atoms with van der Waals surface area (Å²) in [5.41, 5.74) is -0.0677. The summed E-state index contributed by atoms with van der Waals surface area (Å²) in [6, 6.07) is 3.95. The number of carboxylic acids is 1. The van der Waals surface area contributed by atoms with Crippen molar-refractivity contribution < 1.29 is 19.0 Å². The number of carboxylic acid groups (broad SMARTS) is 1. The van der Waals surface area contributed by atoms with Crippen LogP contribution in [0.3, 0.4) is 0 Å². The summed E-state index contributed by atoms with van der Waals surface area (Å²) in [5.74, 6) is -1.73. The number of aromatic carboxylic acids is 1. The fourth-order valence-corrected chi connectivity index (χ4v) is 1.35. The fourth-order valence-electron chi connectivity index (χ4n) is 1.35. The Morgan fingerprint density at radius 1 is 1.53 bits per heavy atom. The first-order valence-electron chi connectivity index (χ1n) is 5.39. The third-order valence-electron chi connectivity index (χ3n) is 2.10. The van der Waals surface area contributed by atoms with Gasteiger partial charge in [-0.3, -0.25) is 0 Å². The summed E-state index contributed by atoms with van der Waals surface area (Å²) < 4.78 is 18.7. The molecule has 0 radical (unpaired) electrons. The monoisotopic (exact) mass is 241 g/mol. The van der Waals surface area contributed by atoms with E-state index in [1.807, 2.05) is 13.8 Å². The first-order chi connectivity index (χ1) is 8.02. The number of anilines is 1. The number of rotatable bonds is 6.